The number of alkyl carbamates (subject to hydrolysis) is 1. The maximum atomic E-state index is 11.4. The third-order valence-electron chi connectivity index (χ3n) is 2.02. The first-order valence-electron chi connectivity index (χ1n) is 5.47. The largest absolute Gasteiger partial charge is 0.469 e. The number of ether oxygens (including phenoxy) is 2. The summed E-state index contributed by atoms with van der Waals surface area (Å²) >= 11 is 0. The van der Waals surface area contributed by atoms with E-state index in [1.165, 1.54) is 7.11 Å². The Kier molecular flexibility index (Phi) is 5.95. The molecule has 0 saturated carbocycles. The Bertz CT molecular complexity index is 273. The molecule has 0 aliphatic rings. The number of methoxy groups -OCH3 is 1. The van der Waals surface area contributed by atoms with Gasteiger partial charge in [0, 0.05) is 12.1 Å². The summed E-state index contributed by atoms with van der Waals surface area (Å²) in [6.45, 7) is 7.01. The molecule has 0 aromatic carbocycles. The van der Waals surface area contributed by atoms with Crippen molar-refractivity contribution in [3.8, 4) is 0 Å². The van der Waals surface area contributed by atoms with E-state index >= 15 is 0 Å². The second kappa shape index (κ2) is 6.44. The molecule has 17 heavy (non-hydrogen) atoms. The first-order valence-corrected chi connectivity index (χ1v) is 5.47. The highest BCUT2D eigenvalue weighted by Gasteiger charge is 2.22. The van der Waals surface area contributed by atoms with Crippen molar-refractivity contribution in [3.05, 3.63) is 0 Å². The van der Waals surface area contributed by atoms with Crippen molar-refractivity contribution in [2.24, 2.45) is 5.73 Å². The van der Waals surface area contributed by atoms with Crippen molar-refractivity contribution in [3.63, 3.8) is 0 Å². The van der Waals surface area contributed by atoms with Crippen LogP contribution in [0, 0.1) is 0 Å². The number of hydrogen-bond donors (Lipinski definition) is 2. The number of amides is 1. The molecule has 6 heteroatoms. The minimum atomic E-state index is -0.559. The molecule has 2 atom stereocenters. The Balaban J connectivity index is 4.12. The molecule has 0 rings (SSSR count). The quantitative estimate of drug-likeness (QED) is 0.716. The summed E-state index contributed by atoms with van der Waals surface area (Å²) in [5.74, 6) is -0.407. The SMILES string of the molecule is COC(=O)C[C@@H](N)[C@H](C)NC(=O)OC(C)(C)C. The fraction of sp³-hybridized carbons (Fsp3) is 0.818. The van der Waals surface area contributed by atoms with Crippen molar-refractivity contribution in [1.29, 1.82) is 0 Å². The van der Waals surface area contributed by atoms with Gasteiger partial charge in [0.25, 0.3) is 0 Å². The smallest absolute Gasteiger partial charge is 0.407 e. The van der Waals surface area contributed by atoms with Crippen LogP contribution in [0.3, 0.4) is 0 Å². The van der Waals surface area contributed by atoms with Crippen LogP contribution in [0.1, 0.15) is 34.1 Å². The standard InChI is InChI=1S/C11H22N2O4/c1-7(8(12)6-9(14)16-5)13-10(15)17-11(2,3)4/h7-8H,6,12H2,1-5H3,(H,13,15)/t7-,8+/m0/s1. The monoisotopic (exact) mass is 246 g/mol. The third-order valence-corrected chi connectivity index (χ3v) is 2.02. The molecule has 0 heterocycles. The Morgan fingerprint density at radius 2 is 1.88 bits per heavy atom. The van der Waals surface area contributed by atoms with Crippen molar-refractivity contribution in [1.82, 2.24) is 5.32 Å². The average Bonchev–Trinajstić information content (AvgIpc) is 2.14. The van der Waals surface area contributed by atoms with E-state index in [1.807, 2.05) is 0 Å². The maximum Gasteiger partial charge on any atom is 0.407 e. The van der Waals surface area contributed by atoms with E-state index in [4.69, 9.17) is 10.5 Å². The molecule has 0 aromatic heterocycles. The summed E-state index contributed by atoms with van der Waals surface area (Å²) in [7, 11) is 1.29. The second-order valence-electron chi connectivity index (χ2n) is 4.88. The first kappa shape index (κ1) is 15.7. The van der Waals surface area contributed by atoms with Crippen molar-refractivity contribution in [2.45, 2.75) is 51.8 Å². The minimum absolute atomic E-state index is 0.0491. The zero-order valence-corrected chi connectivity index (χ0v) is 11.1. The number of rotatable bonds is 4. The maximum absolute atomic E-state index is 11.4. The molecule has 0 aliphatic heterocycles. The van der Waals surface area contributed by atoms with E-state index in [9.17, 15) is 9.59 Å². The fourth-order valence-electron chi connectivity index (χ4n) is 1.05. The molecule has 0 unspecified atom stereocenters. The number of nitrogens with one attached hydrogen (secondary N) is 1. The summed E-state index contributed by atoms with van der Waals surface area (Å²) in [5, 5.41) is 2.57. The van der Waals surface area contributed by atoms with Gasteiger partial charge in [-0.15, -0.1) is 0 Å². The highest BCUT2D eigenvalue weighted by Crippen LogP contribution is 2.07. The van der Waals surface area contributed by atoms with Gasteiger partial charge in [0.1, 0.15) is 5.60 Å². The van der Waals surface area contributed by atoms with Gasteiger partial charge < -0.3 is 20.5 Å². The van der Waals surface area contributed by atoms with Crippen LogP contribution >= 0.6 is 0 Å². The Hall–Kier alpha value is -1.30. The van der Waals surface area contributed by atoms with Crippen molar-refractivity contribution < 1.29 is 19.1 Å². The number of nitrogens with two attached hydrogens (primary N) is 1. The van der Waals surface area contributed by atoms with Crippen LogP contribution in [0.5, 0.6) is 0 Å². The lowest BCUT2D eigenvalue weighted by molar-refractivity contribution is -0.141. The number of carbonyl (C=O) groups is 2. The Morgan fingerprint density at radius 1 is 1.35 bits per heavy atom. The Labute approximate surface area is 102 Å². The molecule has 0 radical (unpaired) electrons. The summed E-state index contributed by atoms with van der Waals surface area (Å²) in [4.78, 5) is 22.4. The number of hydrogen-bond acceptors (Lipinski definition) is 5. The van der Waals surface area contributed by atoms with Gasteiger partial charge in [0.15, 0.2) is 0 Å². The van der Waals surface area contributed by atoms with Gasteiger partial charge in [-0.25, -0.2) is 4.79 Å². The molecular formula is C11H22N2O4. The molecular weight excluding hydrogens is 224 g/mol. The Morgan fingerprint density at radius 3 is 2.29 bits per heavy atom. The molecule has 0 spiro atoms. The van der Waals surface area contributed by atoms with Gasteiger partial charge in [-0.2, -0.15) is 0 Å². The van der Waals surface area contributed by atoms with Gasteiger partial charge in [0.2, 0.25) is 0 Å². The summed E-state index contributed by atoms with van der Waals surface area (Å²) in [5.41, 5.74) is 5.18. The van der Waals surface area contributed by atoms with Crippen LogP contribution in [0.25, 0.3) is 0 Å². The zero-order chi connectivity index (χ0) is 13.6. The van der Waals surface area contributed by atoms with Gasteiger partial charge in [-0.3, -0.25) is 4.79 Å². The minimum Gasteiger partial charge on any atom is -0.469 e. The topological polar surface area (TPSA) is 90.6 Å². The molecule has 3 N–H and O–H groups in total. The highest BCUT2D eigenvalue weighted by molar-refractivity contribution is 5.71. The molecule has 0 aliphatic carbocycles. The predicted octanol–water partition coefficient (Wildman–Crippen LogP) is 0.790. The predicted molar refractivity (Wildman–Crippen MR) is 63.4 cm³/mol. The molecule has 0 saturated heterocycles. The first-order chi connectivity index (χ1) is 7.65. The van der Waals surface area contributed by atoms with Crippen molar-refractivity contribution in [2.75, 3.05) is 7.11 Å². The van der Waals surface area contributed by atoms with E-state index < -0.39 is 23.7 Å². The molecule has 1 amide bonds. The average molecular weight is 246 g/mol. The number of carbonyl (C=O) groups excluding carboxylic acids is 2. The third kappa shape index (κ3) is 7.57. The van der Waals surface area contributed by atoms with E-state index in [0.717, 1.165) is 0 Å². The van der Waals surface area contributed by atoms with Crippen LogP contribution in [-0.4, -0.2) is 36.9 Å². The van der Waals surface area contributed by atoms with Crippen LogP contribution in [0.15, 0.2) is 0 Å². The van der Waals surface area contributed by atoms with Crippen molar-refractivity contribution >= 4 is 12.1 Å². The summed E-state index contributed by atoms with van der Waals surface area (Å²) in [6.07, 6.45) is -0.502. The highest BCUT2D eigenvalue weighted by atomic mass is 16.6. The van der Waals surface area contributed by atoms with Crippen LogP contribution < -0.4 is 11.1 Å². The molecule has 0 fully saturated rings. The lowest BCUT2D eigenvalue weighted by atomic mass is 10.1. The molecule has 0 bridgehead atoms. The van der Waals surface area contributed by atoms with Gasteiger partial charge in [-0.05, 0) is 27.7 Å². The summed E-state index contributed by atoms with van der Waals surface area (Å²) < 4.78 is 9.56. The van der Waals surface area contributed by atoms with Crippen LogP contribution in [0.2, 0.25) is 0 Å². The van der Waals surface area contributed by atoms with Crippen LogP contribution in [-0.2, 0) is 14.3 Å². The van der Waals surface area contributed by atoms with E-state index in [1.54, 1.807) is 27.7 Å². The van der Waals surface area contributed by atoms with E-state index in [-0.39, 0.29) is 12.5 Å². The molecule has 100 valence electrons. The second-order valence-corrected chi connectivity index (χ2v) is 4.88. The molecule has 0 aromatic rings. The zero-order valence-electron chi connectivity index (χ0n) is 11.1. The fourth-order valence-corrected chi connectivity index (χ4v) is 1.05. The van der Waals surface area contributed by atoms with Gasteiger partial charge in [0.05, 0.1) is 13.5 Å². The van der Waals surface area contributed by atoms with E-state index in [0.29, 0.717) is 0 Å². The number of esters is 1. The normalized spacial score (nSPS) is 14.7. The molecule has 6 nitrogen and oxygen atoms in total. The lowest BCUT2D eigenvalue weighted by Gasteiger charge is -2.24. The lowest BCUT2D eigenvalue weighted by Crippen LogP contribution is -2.48. The van der Waals surface area contributed by atoms with Gasteiger partial charge in [-0.1, -0.05) is 0 Å². The van der Waals surface area contributed by atoms with Crippen LogP contribution in [0.4, 0.5) is 4.79 Å². The van der Waals surface area contributed by atoms with E-state index in [2.05, 4.69) is 10.1 Å². The van der Waals surface area contributed by atoms with Gasteiger partial charge >= 0.3 is 12.1 Å². The summed E-state index contributed by atoms with van der Waals surface area (Å²) in [6, 6.07) is -0.876.